The zero-order valence-corrected chi connectivity index (χ0v) is 16.2. The molecule has 0 spiro atoms. The van der Waals surface area contributed by atoms with Crippen LogP contribution in [-0.2, 0) is 16.1 Å². The predicted molar refractivity (Wildman–Crippen MR) is 103 cm³/mol. The highest BCUT2D eigenvalue weighted by Crippen LogP contribution is 2.18. The molecular weight excluding hydrogens is 373 g/mol. The van der Waals surface area contributed by atoms with Gasteiger partial charge in [-0.2, -0.15) is 0 Å². The van der Waals surface area contributed by atoms with Crippen molar-refractivity contribution in [1.82, 2.24) is 5.32 Å². The molecule has 0 radical (unpaired) electrons. The van der Waals surface area contributed by atoms with Gasteiger partial charge in [-0.25, -0.2) is 4.79 Å². The Hall–Kier alpha value is -2.04. The summed E-state index contributed by atoms with van der Waals surface area (Å²) >= 11 is 11.9. The molecule has 1 N–H and O–H groups in total. The van der Waals surface area contributed by atoms with Gasteiger partial charge in [0.15, 0.2) is 0 Å². The molecule has 1 amide bonds. The van der Waals surface area contributed by atoms with Crippen molar-refractivity contribution in [1.29, 1.82) is 0 Å². The van der Waals surface area contributed by atoms with E-state index in [0.29, 0.717) is 22.0 Å². The highest BCUT2D eigenvalue weighted by atomic mass is 35.5. The monoisotopic (exact) mass is 393 g/mol. The molecule has 6 heteroatoms. The van der Waals surface area contributed by atoms with E-state index in [1.807, 2.05) is 26.0 Å². The first-order valence-electron chi connectivity index (χ1n) is 8.38. The Kier molecular flexibility index (Phi) is 7.49. The normalized spacial score (nSPS) is 12.9. The molecule has 0 bridgehead atoms. The standard InChI is InChI=1S/C20H21Cl2NO3/c1-3-13(2)18(23-19(24)14-8-10-16(21)11-9-14)20(25)26-12-15-6-4-5-7-17(15)22/h4-11,13,18H,3,12H2,1-2H3,(H,23,24)/t13-,18-/m0/s1. The van der Waals surface area contributed by atoms with E-state index in [-0.39, 0.29) is 18.4 Å². The fourth-order valence-electron chi connectivity index (χ4n) is 2.35. The van der Waals surface area contributed by atoms with E-state index in [1.54, 1.807) is 36.4 Å². The van der Waals surface area contributed by atoms with Crippen LogP contribution in [-0.4, -0.2) is 17.9 Å². The number of carbonyl (C=O) groups is 2. The average molecular weight is 394 g/mol. The maximum atomic E-state index is 12.5. The van der Waals surface area contributed by atoms with Crippen LogP contribution in [0.25, 0.3) is 0 Å². The summed E-state index contributed by atoms with van der Waals surface area (Å²) in [5.41, 5.74) is 1.15. The van der Waals surface area contributed by atoms with E-state index in [1.165, 1.54) is 0 Å². The van der Waals surface area contributed by atoms with Crippen molar-refractivity contribution in [3.63, 3.8) is 0 Å². The molecule has 0 aliphatic heterocycles. The number of hydrogen-bond acceptors (Lipinski definition) is 3. The van der Waals surface area contributed by atoms with Crippen LogP contribution in [0.15, 0.2) is 48.5 Å². The maximum Gasteiger partial charge on any atom is 0.329 e. The van der Waals surface area contributed by atoms with E-state index < -0.39 is 12.0 Å². The molecule has 0 aromatic heterocycles. The first-order chi connectivity index (χ1) is 12.4. The second kappa shape index (κ2) is 9.60. The molecule has 0 saturated heterocycles. The first kappa shape index (κ1) is 20.3. The highest BCUT2D eigenvalue weighted by molar-refractivity contribution is 6.31. The van der Waals surface area contributed by atoms with Crippen molar-refractivity contribution in [3.05, 3.63) is 69.7 Å². The molecule has 0 aliphatic carbocycles. The number of ether oxygens (including phenoxy) is 1. The number of esters is 1. The van der Waals surface area contributed by atoms with Gasteiger partial charge in [0.05, 0.1) is 0 Å². The average Bonchev–Trinajstić information content (AvgIpc) is 2.65. The number of rotatable bonds is 7. The maximum absolute atomic E-state index is 12.5. The van der Waals surface area contributed by atoms with E-state index >= 15 is 0 Å². The fraction of sp³-hybridized carbons (Fsp3) is 0.300. The quantitative estimate of drug-likeness (QED) is 0.681. The molecule has 4 nitrogen and oxygen atoms in total. The highest BCUT2D eigenvalue weighted by Gasteiger charge is 2.28. The van der Waals surface area contributed by atoms with Crippen molar-refractivity contribution in [2.24, 2.45) is 5.92 Å². The third-order valence-corrected chi connectivity index (χ3v) is 4.81. The van der Waals surface area contributed by atoms with Crippen molar-refractivity contribution >= 4 is 35.1 Å². The van der Waals surface area contributed by atoms with Gasteiger partial charge in [-0.3, -0.25) is 4.79 Å². The van der Waals surface area contributed by atoms with E-state index in [2.05, 4.69) is 5.32 Å². The van der Waals surface area contributed by atoms with Crippen molar-refractivity contribution in [2.75, 3.05) is 0 Å². The molecule has 2 aromatic rings. The Morgan fingerprint density at radius 2 is 1.73 bits per heavy atom. The van der Waals surface area contributed by atoms with E-state index in [9.17, 15) is 9.59 Å². The van der Waals surface area contributed by atoms with Gasteiger partial charge in [0.25, 0.3) is 5.91 Å². The van der Waals surface area contributed by atoms with Crippen LogP contribution >= 0.6 is 23.2 Å². The lowest BCUT2D eigenvalue weighted by Gasteiger charge is -2.23. The van der Waals surface area contributed by atoms with E-state index in [4.69, 9.17) is 27.9 Å². The molecule has 2 rings (SSSR count). The minimum atomic E-state index is -0.745. The van der Waals surface area contributed by atoms with Crippen molar-refractivity contribution in [3.8, 4) is 0 Å². The molecule has 138 valence electrons. The van der Waals surface area contributed by atoms with Gasteiger partial charge in [-0.1, -0.05) is 61.7 Å². The van der Waals surface area contributed by atoms with Crippen LogP contribution in [0.5, 0.6) is 0 Å². The zero-order valence-electron chi connectivity index (χ0n) is 14.7. The lowest BCUT2D eigenvalue weighted by atomic mass is 9.98. The second-order valence-electron chi connectivity index (χ2n) is 6.04. The molecular formula is C20H21Cl2NO3. The zero-order chi connectivity index (χ0) is 19.1. The summed E-state index contributed by atoms with van der Waals surface area (Å²) in [4.78, 5) is 25.0. The molecule has 0 heterocycles. The lowest BCUT2D eigenvalue weighted by molar-refractivity contribution is -0.148. The molecule has 2 atom stereocenters. The van der Waals surface area contributed by atoms with Crippen molar-refractivity contribution in [2.45, 2.75) is 32.9 Å². The largest absolute Gasteiger partial charge is 0.459 e. The second-order valence-corrected chi connectivity index (χ2v) is 6.89. The van der Waals surface area contributed by atoms with Crippen LogP contribution in [0.4, 0.5) is 0 Å². The van der Waals surface area contributed by atoms with Crippen LogP contribution in [0.2, 0.25) is 10.0 Å². The van der Waals surface area contributed by atoms with E-state index in [0.717, 1.165) is 5.56 Å². The summed E-state index contributed by atoms with van der Waals surface area (Å²) in [6.45, 7) is 3.90. The number of hydrogen-bond donors (Lipinski definition) is 1. The molecule has 0 fully saturated rings. The number of amides is 1. The van der Waals surface area contributed by atoms with Crippen LogP contribution < -0.4 is 5.32 Å². The number of benzene rings is 2. The fourth-order valence-corrected chi connectivity index (χ4v) is 2.67. The number of nitrogens with one attached hydrogen (secondary N) is 1. The first-order valence-corrected chi connectivity index (χ1v) is 9.14. The van der Waals surface area contributed by atoms with Gasteiger partial charge >= 0.3 is 5.97 Å². The third-order valence-electron chi connectivity index (χ3n) is 4.19. The Balaban J connectivity index is 2.06. The SMILES string of the molecule is CC[C@H](C)[C@H](NC(=O)c1ccc(Cl)cc1)C(=O)OCc1ccccc1Cl. The lowest BCUT2D eigenvalue weighted by Crippen LogP contribution is -2.45. The van der Waals surface area contributed by atoms with Gasteiger partial charge < -0.3 is 10.1 Å². The number of halogens is 2. The Bertz CT molecular complexity index is 762. The summed E-state index contributed by atoms with van der Waals surface area (Å²) in [6, 6.07) is 12.9. The molecule has 0 aliphatic rings. The molecule has 2 aromatic carbocycles. The predicted octanol–water partition coefficient (Wildman–Crippen LogP) is 4.88. The number of carbonyl (C=O) groups excluding carboxylic acids is 2. The van der Waals surface area contributed by atoms with Gasteiger partial charge in [-0.15, -0.1) is 0 Å². The molecule has 0 saturated carbocycles. The smallest absolute Gasteiger partial charge is 0.329 e. The third kappa shape index (κ3) is 5.48. The molecule has 0 unspecified atom stereocenters. The summed E-state index contributed by atoms with van der Waals surface area (Å²) in [5, 5.41) is 3.84. The van der Waals surface area contributed by atoms with Gasteiger partial charge in [-0.05, 0) is 36.2 Å². The Morgan fingerprint density at radius 3 is 2.35 bits per heavy atom. The summed E-state index contributed by atoms with van der Waals surface area (Å²) < 4.78 is 5.39. The van der Waals surface area contributed by atoms with Crippen LogP contribution in [0.1, 0.15) is 36.2 Å². The Labute approximate surface area is 163 Å². The Morgan fingerprint density at radius 1 is 1.08 bits per heavy atom. The van der Waals surface area contributed by atoms with Gasteiger partial charge in [0, 0.05) is 21.2 Å². The minimum Gasteiger partial charge on any atom is -0.459 e. The van der Waals surface area contributed by atoms with Crippen LogP contribution in [0, 0.1) is 5.92 Å². The van der Waals surface area contributed by atoms with Crippen molar-refractivity contribution < 1.29 is 14.3 Å². The summed E-state index contributed by atoms with van der Waals surface area (Å²) in [5.74, 6) is -0.909. The summed E-state index contributed by atoms with van der Waals surface area (Å²) in [7, 11) is 0. The summed E-state index contributed by atoms with van der Waals surface area (Å²) in [6.07, 6.45) is 0.715. The van der Waals surface area contributed by atoms with Gasteiger partial charge in [0.1, 0.15) is 12.6 Å². The topological polar surface area (TPSA) is 55.4 Å². The molecule has 26 heavy (non-hydrogen) atoms. The van der Waals surface area contributed by atoms with Crippen LogP contribution in [0.3, 0.4) is 0 Å². The van der Waals surface area contributed by atoms with Gasteiger partial charge in [0.2, 0.25) is 0 Å². The minimum absolute atomic E-state index is 0.0578.